The van der Waals surface area contributed by atoms with E-state index in [1.54, 1.807) is 36.4 Å². The van der Waals surface area contributed by atoms with Crippen LogP contribution in [-0.4, -0.2) is 17.6 Å². The fourth-order valence-corrected chi connectivity index (χ4v) is 4.04. The zero-order valence-corrected chi connectivity index (χ0v) is 17.4. The van der Waals surface area contributed by atoms with Gasteiger partial charge in [0.05, 0.1) is 5.41 Å². The molecule has 0 aliphatic carbocycles. The number of halogens is 2. The van der Waals surface area contributed by atoms with Gasteiger partial charge >= 0.3 is 5.97 Å². The second-order valence-electron chi connectivity index (χ2n) is 7.30. The summed E-state index contributed by atoms with van der Waals surface area (Å²) in [4.78, 5) is 16.4. The van der Waals surface area contributed by atoms with E-state index in [0.717, 1.165) is 5.56 Å². The highest BCUT2D eigenvalue weighted by molar-refractivity contribution is 5.87. The minimum Gasteiger partial charge on any atom is -0.446 e. The largest absolute Gasteiger partial charge is 0.446 e. The topological polar surface area (TPSA) is 63.0 Å². The molecule has 4 rings (SSSR count). The van der Waals surface area contributed by atoms with E-state index < -0.39 is 23.0 Å². The Bertz CT molecular complexity index is 1270. The molecular formula is C27H18F2N2O2. The van der Waals surface area contributed by atoms with Crippen LogP contribution in [0, 0.1) is 23.0 Å². The van der Waals surface area contributed by atoms with Gasteiger partial charge < -0.3 is 4.74 Å². The molecule has 6 heteroatoms. The van der Waals surface area contributed by atoms with Gasteiger partial charge in [0, 0.05) is 6.20 Å². The lowest BCUT2D eigenvalue weighted by Crippen LogP contribution is -2.31. The monoisotopic (exact) mass is 440 g/mol. The summed E-state index contributed by atoms with van der Waals surface area (Å²) < 4.78 is 33.7. The van der Waals surface area contributed by atoms with E-state index in [9.17, 15) is 13.6 Å². The van der Waals surface area contributed by atoms with Gasteiger partial charge in [-0.15, -0.1) is 0 Å². The summed E-state index contributed by atoms with van der Waals surface area (Å²) >= 11 is 0. The molecular weight excluding hydrogens is 422 g/mol. The van der Waals surface area contributed by atoms with Gasteiger partial charge in [0.15, 0.2) is 6.61 Å². The van der Waals surface area contributed by atoms with Crippen LogP contribution in [0.5, 0.6) is 0 Å². The molecule has 1 aromatic heterocycles. The van der Waals surface area contributed by atoms with E-state index in [4.69, 9.17) is 10.00 Å². The fraction of sp³-hybridized carbons (Fsp3) is 0.0741. The Morgan fingerprint density at radius 1 is 0.818 bits per heavy atom. The van der Waals surface area contributed by atoms with Gasteiger partial charge in [0.25, 0.3) is 0 Å². The number of hydrogen-bond acceptors (Lipinski definition) is 4. The zero-order chi connectivity index (χ0) is 23.3. The zero-order valence-electron chi connectivity index (χ0n) is 17.4. The summed E-state index contributed by atoms with van der Waals surface area (Å²) in [5.41, 5.74) is 1.41. The summed E-state index contributed by atoms with van der Waals surface area (Å²) in [6.45, 7) is -0.386. The van der Waals surface area contributed by atoms with Crippen LogP contribution >= 0.6 is 0 Å². The van der Waals surface area contributed by atoms with Crippen molar-refractivity contribution >= 4 is 5.97 Å². The van der Waals surface area contributed by atoms with Gasteiger partial charge in [-0.05, 0) is 52.6 Å². The average molecular weight is 440 g/mol. The lowest BCUT2D eigenvalue weighted by atomic mass is 9.65. The first-order valence-corrected chi connectivity index (χ1v) is 10.1. The predicted octanol–water partition coefficient (Wildman–Crippen LogP) is 5.42. The number of carbonyl (C=O) groups excluding carboxylic acids is 1. The van der Waals surface area contributed by atoms with Gasteiger partial charge in [-0.2, -0.15) is 5.26 Å². The molecule has 0 bridgehead atoms. The molecule has 3 aromatic carbocycles. The second-order valence-corrected chi connectivity index (χ2v) is 7.30. The smallest absolute Gasteiger partial charge is 0.357 e. The number of aromatic nitrogens is 1. The highest BCUT2D eigenvalue weighted by Gasteiger charge is 2.39. The Morgan fingerprint density at radius 3 is 1.94 bits per heavy atom. The minimum atomic E-state index is -1.12. The molecule has 0 atom stereocenters. The maximum absolute atomic E-state index is 14.4. The van der Waals surface area contributed by atoms with Crippen molar-refractivity contribution in [2.75, 3.05) is 6.61 Å². The van der Waals surface area contributed by atoms with Gasteiger partial charge in [-0.25, -0.2) is 18.6 Å². The van der Waals surface area contributed by atoms with E-state index in [-0.39, 0.29) is 12.3 Å². The number of carbonyl (C=O) groups is 1. The number of nitriles is 1. The summed E-state index contributed by atoms with van der Waals surface area (Å²) in [5, 5.41) is 8.63. The third-order valence-electron chi connectivity index (χ3n) is 5.40. The minimum absolute atomic E-state index is 0.0226. The van der Waals surface area contributed by atoms with E-state index in [0.29, 0.717) is 16.7 Å². The molecule has 0 aliphatic rings. The number of pyridine rings is 1. The molecule has 0 radical (unpaired) electrons. The Balaban J connectivity index is 2.00. The van der Waals surface area contributed by atoms with Crippen LogP contribution in [0.25, 0.3) is 0 Å². The highest BCUT2D eigenvalue weighted by Crippen LogP contribution is 2.45. The quantitative estimate of drug-likeness (QED) is 0.297. The standard InChI is InChI=1S/C27H18F2N2O2/c28-23-10-4-8-20(16-23)27(19-6-2-1-3-7-19,21-9-5-11-24(29)17-21)22-12-13-25(31-18-22)26(32)33-15-14-30/h1-13,16-18H,15H2. The van der Waals surface area contributed by atoms with Crippen molar-refractivity contribution in [2.24, 2.45) is 0 Å². The van der Waals surface area contributed by atoms with Crippen molar-refractivity contribution in [3.05, 3.63) is 137 Å². The summed E-state index contributed by atoms with van der Waals surface area (Å²) in [6, 6.07) is 26.5. The van der Waals surface area contributed by atoms with E-state index in [1.807, 2.05) is 30.3 Å². The van der Waals surface area contributed by atoms with Gasteiger partial charge in [0.1, 0.15) is 23.4 Å². The van der Waals surface area contributed by atoms with Crippen LogP contribution in [-0.2, 0) is 10.2 Å². The van der Waals surface area contributed by atoms with Crippen LogP contribution < -0.4 is 0 Å². The Morgan fingerprint density at radius 2 is 1.42 bits per heavy atom. The maximum Gasteiger partial charge on any atom is 0.357 e. The summed E-state index contributed by atoms with van der Waals surface area (Å²) in [5.74, 6) is -1.60. The van der Waals surface area contributed by atoms with Crippen molar-refractivity contribution in [2.45, 2.75) is 5.41 Å². The molecule has 0 fully saturated rings. The number of hydrogen-bond donors (Lipinski definition) is 0. The van der Waals surface area contributed by atoms with Crippen molar-refractivity contribution in [3.8, 4) is 6.07 Å². The third kappa shape index (κ3) is 4.21. The van der Waals surface area contributed by atoms with Crippen LogP contribution in [0.1, 0.15) is 32.7 Å². The van der Waals surface area contributed by atoms with Crippen molar-refractivity contribution in [1.82, 2.24) is 4.98 Å². The molecule has 0 aliphatic heterocycles. The van der Waals surface area contributed by atoms with Crippen molar-refractivity contribution in [3.63, 3.8) is 0 Å². The molecule has 0 N–H and O–H groups in total. The lowest BCUT2D eigenvalue weighted by molar-refractivity contribution is 0.0548. The molecule has 1 heterocycles. The van der Waals surface area contributed by atoms with Crippen LogP contribution in [0.2, 0.25) is 0 Å². The second kappa shape index (κ2) is 9.41. The molecule has 4 nitrogen and oxygen atoms in total. The summed E-state index contributed by atoms with van der Waals surface area (Å²) in [6.07, 6.45) is 1.49. The number of rotatable bonds is 6. The predicted molar refractivity (Wildman–Crippen MR) is 118 cm³/mol. The number of esters is 1. The maximum atomic E-state index is 14.4. The Kier molecular flexibility index (Phi) is 6.23. The normalized spacial score (nSPS) is 10.9. The first-order chi connectivity index (χ1) is 16.1. The summed E-state index contributed by atoms with van der Waals surface area (Å²) in [7, 11) is 0. The van der Waals surface area contributed by atoms with Crippen LogP contribution in [0.4, 0.5) is 8.78 Å². The van der Waals surface area contributed by atoms with Gasteiger partial charge in [-0.3, -0.25) is 0 Å². The SMILES string of the molecule is N#CCOC(=O)c1ccc(C(c2ccccc2)(c2cccc(F)c2)c2cccc(F)c2)cn1. The first kappa shape index (κ1) is 21.8. The number of nitrogens with zero attached hydrogens (tertiary/aromatic N) is 2. The Labute approximate surface area is 189 Å². The van der Waals surface area contributed by atoms with Crippen molar-refractivity contribution in [1.29, 1.82) is 5.26 Å². The highest BCUT2D eigenvalue weighted by atomic mass is 19.1. The lowest BCUT2D eigenvalue weighted by Gasteiger charge is -2.36. The fourth-order valence-electron chi connectivity index (χ4n) is 4.04. The van der Waals surface area contributed by atoms with Gasteiger partial charge in [-0.1, -0.05) is 60.7 Å². The van der Waals surface area contributed by atoms with Crippen LogP contribution in [0.3, 0.4) is 0 Å². The molecule has 33 heavy (non-hydrogen) atoms. The van der Waals surface area contributed by atoms with Crippen molar-refractivity contribution < 1.29 is 18.3 Å². The van der Waals surface area contributed by atoms with E-state index >= 15 is 0 Å². The molecule has 0 spiro atoms. The molecule has 0 saturated heterocycles. The molecule has 4 aromatic rings. The van der Waals surface area contributed by atoms with E-state index in [2.05, 4.69) is 4.98 Å². The number of ether oxygens (including phenoxy) is 1. The molecule has 0 amide bonds. The third-order valence-corrected chi connectivity index (χ3v) is 5.40. The molecule has 0 saturated carbocycles. The first-order valence-electron chi connectivity index (χ1n) is 10.1. The Hall–Kier alpha value is -4.37. The number of benzene rings is 3. The molecule has 0 unspecified atom stereocenters. The van der Waals surface area contributed by atoms with Crippen LogP contribution in [0.15, 0.2) is 97.2 Å². The molecule has 162 valence electrons. The van der Waals surface area contributed by atoms with E-state index in [1.165, 1.54) is 36.5 Å². The van der Waals surface area contributed by atoms with Gasteiger partial charge in [0.2, 0.25) is 0 Å². The average Bonchev–Trinajstić information content (AvgIpc) is 2.84.